The standard InChI is InChI=1S/C19H26O4/c1-2-3-13-17(14-9-5-4-6-10-14)23-19(22)16-12-8-7-11-15(16)18(20)21/h7-8,11-12,14,17H,2-6,9-10,13H2,1H3,(H,20,21)/t17-/m0/s1. The highest BCUT2D eigenvalue weighted by molar-refractivity contribution is 6.02. The van der Waals surface area contributed by atoms with Crippen molar-refractivity contribution in [2.75, 3.05) is 0 Å². The van der Waals surface area contributed by atoms with E-state index in [1.807, 2.05) is 0 Å². The Hall–Kier alpha value is -1.84. The van der Waals surface area contributed by atoms with Gasteiger partial charge in [-0.25, -0.2) is 9.59 Å². The lowest BCUT2D eigenvalue weighted by Gasteiger charge is -2.30. The molecule has 0 aliphatic heterocycles. The Kier molecular flexibility index (Phi) is 6.63. The third-order valence-corrected chi connectivity index (χ3v) is 4.65. The maximum atomic E-state index is 12.5. The summed E-state index contributed by atoms with van der Waals surface area (Å²) in [5, 5.41) is 9.23. The van der Waals surface area contributed by atoms with E-state index in [2.05, 4.69) is 6.92 Å². The topological polar surface area (TPSA) is 63.6 Å². The predicted octanol–water partition coefficient (Wildman–Crippen LogP) is 4.68. The monoisotopic (exact) mass is 318 g/mol. The van der Waals surface area contributed by atoms with Crippen molar-refractivity contribution in [2.45, 2.75) is 64.4 Å². The second-order valence-electron chi connectivity index (χ2n) is 6.33. The SMILES string of the molecule is CCCC[C@H](OC(=O)c1ccccc1C(=O)O)C1CCCCC1. The van der Waals surface area contributed by atoms with Crippen LogP contribution >= 0.6 is 0 Å². The number of hydrogen-bond acceptors (Lipinski definition) is 3. The number of esters is 1. The average Bonchev–Trinajstić information content (AvgIpc) is 2.59. The Bertz CT molecular complexity index is 532. The summed E-state index contributed by atoms with van der Waals surface area (Å²) < 4.78 is 5.77. The fraction of sp³-hybridized carbons (Fsp3) is 0.579. The fourth-order valence-electron chi connectivity index (χ4n) is 3.35. The first-order valence-corrected chi connectivity index (χ1v) is 8.66. The number of unbranched alkanes of at least 4 members (excludes halogenated alkanes) is 1. The second-order valence-corrected chi connectivity index (χ2v) is 6.33. The number of carbonyl (C=O) groups is 2. The smallest absolute Gasteiger partial charge is 0.339 e. The van der Waals surface area contributed by atoms with Crippen molar-refractivity contribution in [3.63, 3.8) is 0 Å². The first kappa shape index (κ1) is 17.5. The van der Waals surface area contributed by atoms with Crippen molar-refractivity contribution in [1.29, 1.82) is 0 Å². The molecule has 1 N–H and O–H groups in total. The van der Waals surface area contributed by atoms with Gasteiger partial charge in [-0.3, -0.25) is 0 Å². The molecule has 0 radical (unpaired) electrons. The molecule has 1 aromatic carbocycles. The van der Waals surface area contributed by atoms with Crippen molar-refractivity contribution < 1.29 is 19.4 Å². The number of rotatable bonds is 7. The minimum Gasteiger partial charge on any atom is -0.478 e. The van der Waals surface area contributed by atoms with Crippen LogP contribution in [-0.2, 0) is 4.74 Å². The maximum Gasteiger partial charge on any atom is 0.339 e. The summed E-state index contributed by atoms with van der Waals surface area (Å²) in [5.74, 6) is -1.19. The van der Waals surface area contributed by atoms with E-state index in [0.717, 1.165) is 32.1 Å². The summed E-state index contributed by atoms with van der Waals surface area (Å²) in [6, 6.07) is 6.27. The zero-order chi connectivity index (χ0) is 16.7. The lowest BCUT2D eigenvalue weighted by molar-refractivity contribution is 0.00379. The van der Waals surface area contributed by atoms with E-state index in [9.17, 15) is 14.7 Å². The van der Waals surface area contributed by atoms with Crippen LogP contribution < -0.4 is 0 Å². The summed E-state index contributed by atoms with van der Waals surface area (Å²) in [5.41, 5.74) is 0.160. The van der Waals surface area contributed by atoms with Crippen LogP contribution in [0, 0.1) is 5.92 Å². The molecule has 1 aromatic rings. The van der Waals surface area contributed by atoms with Gasteiger partial charge in [0, 0.05) is 0 Å². The summed E-state index contributed by atoms with van der Waals surface area (Å²) in [6.45, 7) is 2.12. The van der Waals surface area contributed by atoms with Gasteiger partial charge in [-0.1, -0.05) is 51.2 Å². The molecule has 4 nitrogen and oxygen atoms in total. The van der Waals surface area contributed by atoms with Gasteiger partial charge in [0.25, 0.3) is 0 Å². The van der Waals surface area contributed by atoms with Gasteiger partial charge >= 0.3 is 11.9 Å². The summed E-state index contributed by atoms with van der Waals surface area (Å²) in [4.78, 5) is 23.8. The van der Waals surface area contributed by atoms with E-state index in [0.29, 0.717) is 5.92 Å². The van der Waals surface area contributed by atoms with Gasteiger partial charge in [0.05, 0.1) is 11.1 Å². The van der Waals surface area contributed by atoms with Crippen LogP contribution in [0.3, 0.4) is 0 Å². The van der Waals surface area contributed by atoms with Crippen molar-refractivity contribution in [2.24, 2.45) is 5.92 Å². The van der Waals surface area contributed by atoms with Crippen LogP contribution in [0.4, 0.5) is 0 Å². The molecule has 0 unspecified atom stereocenters. The third-order valence-electron chi connectivity index (χ3n) is 4.65. The van der Waals surface area contributed by atoms with E-state index < -0.39 is 11.9 Å². The van der Waals surface area contributed by atoms with Crippen LogP contribution in [0.15, 0.2) is 24.3 Å². The van der Waals surface area contributed by atoms with E-state index >= 15 is 0 Å². The minimum absolute atomic E-state index is 0.00962. The van der Waals surface area contributed by atoms with Gasteiger partial charge in [0.15, 0.2) is 0 Å². The molecule has 4 heteroatoms. The van der Waals surface area contributed by atoms with Gasteiger partial charge in [0.2, 0.25) is 0 Å². The summed E-state index contributed by atoms with van der Waals surface area (Å²) >= 11 is 0. The zero-order valence-electron chi connectivity index (χ0n) is 13.8. The number of carbonyl (C=O) groups excluding carboxylic acids is 1. The van der Waals surface area contributed by atoms with Gasteiger partial charge in [-0.05, 0) is 37.3 Å². The van der Waals surface area contributed by atoms with E-state index in [-0.39, 0.29) is 17.2 Å². The van der Waals surface area contributed by atoms with Gasteiger partial charge in [-0.2, -0.15) is 0 Å². The minimum atomic E-state index is -1.10. The molecule has 1 atom stereocenters. The Morgan fingerprint density at radius 2 is 1.83 bits per heavy atom. The lowest BCUT2D eigenvalue weighted by atomic mass is 9.83. The number of hydrogen-bond donors (Lipinski definition) is 1. The van der Waals surface area contributed by atoms with Crippen LogP contribution in [-0.4, -0.2) is 23.1 Å². The molecule has 2 rings (SSSR count). The Labute approximate surface area is 137 Å². The lowest BCUT2D eigenvalue weighted by Crippen LogP contribution is -2.29. The van der Waals surface area contributed by atoms with Gasteiger partial charge in [-0.15, -0.1) is 0 Å². The second kappa shape index (κ2) is 8.70. The molecule has 1 fully saturated rings. The van der Waals surface area contributed by atoms with Crippen LogP contribution in [0.1, 0.15) is 79.0 Å². The van der Waals surface area contributed by atoms with Crippen LogP contribution in [0.25, 0.3) is 0 Å². The van der Waals surface area contributed by atoms with E-state index in [1.54, 1.807) is 12.1 Å². The number of carboxylic acid groups (broad SMARTS) is 1. The Morgan fingerprint density at radius 3 is 2.43 bits per heavy atom. The van der Waals surface area contributed by atoms with E-state index in [1.165, 1.54) is 31.4 Å². The highest BCUT2D eigenvalue weighted by Crippen LogP contribution is 2.31. The van der Waals surface area contributed by atoms with Crippen LogP contribution in [0.5, 0.6) is 0 Å². The molecule has 0 aromatic heterocycles. The molecule has 0 amide bonds. The first-order valence-electron chi connectivity index (χ1n) is 8.66. The molecule has 0 saturated heterocycles. The van der Waals surface area contributed by atoms with Gasteiger partial charge in [0.1, 0.15) is 6.10 Å². The normalized spacial score (nSPS) is 16.7. The highest BCUT2D eigenvalue weighted by Gasteiger charge is 2.28. The van der Waals surface area contributed by atoms with Crippen molar-refractivity contribution in [1.82, 2.24) is 0 Å². The molecule has 0 heterocycles. The highest BCUT2D eigenvalue weighted by atomic mass is 16.5. The molecule has 1 aliphatic rings. The number of aromatic carboxylic acids is 1. The molecular formula is C19H26O4. The molecule has 126 valence electrons. The Morgan fingerprint density at radius 1 is 1.17 bits per heavy atom. The zero-order valence-corrected chi connectivity index (χ0v) is 13.8. The average molecular weight is 318 g/mol. The summed E-state index contributed by atoms with van der Waals surface area (Å²) in [6.07, 6.45) is 8.69. The predicted molar refractivity (Wildman–Crippen MR) is 88.7 cm³/mol. The molecule has 0 bridgehead atoms. The van der Waals surface area contributed by atoms with Crippen molar-refractivity contribution in [3.8, 4) is 0 Å². The quantitative estimate of drug-likeness (QED) is 0.741. The fourth-order valence-corrected chi connectivity index (χ4v) is 3.35. The molecule has 1 saturated carbocycles. The van der Waals surface area contributed by atoms with Crippen molar-refractivity contribution in [3.05, 3.63) is 35.4 Å². The number of carboxylic acids is 1. The number of ether oxygens (including phenoxy) is 1. The third kappa shape index (κ3) is 4.81. The molecule has 0 spiro atoms. The largest absolute Gasteiger partial charge is 0.478 e. The Balaban J connectivity index is 2.11. The molecule has 1 aliphatic carbocycles. The maximum absolute atomic E-state index is 12.5. The first-order chi connectivity index (χ1) is 11.1. The van der Waals surface area contributed by atoms with Crippen molar-refractivity contribution >= 4 is 11.9 Å². The van der Waals surface area contributed by atoms with Crippen LogP contribution in [0.2, 0.25) is 0 Å². The van der Waals surface area contributed by atoms with E-state index in [4.69, 9.17) is 4.74 Å². The number of benzene rings is 1. The molecular weight excluding hydrogens is 292 g/mol. The molecule has 23 heavy (non-hydrogen) atoms. The summed E-state index contributed by atoms with van der Waals surface area (Å²) in [7, 11) is 0. The van der Waals surface area contributed by atoms with Gasteiger partial charge < -0.3 is 9.84 Å².